The molecule has 0 bridgehead atoms. The Hall–Kier alpha value is -3.47. The summed E-state index contributed by atoms with van der Waals surface area (Å²) in [7, 11) is 0. The van der Waals surface area contributed by atoms with Crippen LogP contribution in [0, 0.1) is 0 Å². The Balaban J connectivity index is 1.29. The number of ether oxygens (including phenoxy) is 2. The molecule has 1 aromatic heterocycles. The number of aromatic nitrogens is 1. The van der Waals surface area contributed by atoms with E-state index in [-0.39, 0.29) is 47.8 Å². The van der Waals surface area contributed by atoms with E-state index in [9.17, 15) is 19.8 Å². The van der Waals surface area contributed by atoms with Gasteiger partial charge in [-0.05, 0) is 35.6 Å². The number of fused-ring (bicyclic) bond motifs is 3. The lowest BCUT2D eigenvalue weighted by molar-refractivity contribution is 0.0142. The van der Waals surface area contributed by atoms with Crippen molar-refractivity contribution in [3.63, 3.8) is 0 Å². The Morgan fingerprint density at radius 2 is 1.71 bits per heavy atom. The van der Waals surface area contributed by atoms with Gasteiger partial charge in [-0.2, -0.15) is 0 Å². The zero-order chi connectivity index (χ0) is 24.9. The van der Waals surface area contributed by atoms with Gasteiger partial charge in [-0.1, -0.05) is 59.9 Å². The molecule has 10 heteroatoms. The molecule has 1 amide bonds. The molecule has 0 saturated carbocycles. The quantitative estimate of drug-likeness (QED) is 0.330. The van der Waals surface area contributed by atoms with E-state index in [0.29, 0.717) is 0 Å². The van der Waals surface area contributed by atoms with Gasteiger partial charge in [0.2, 0.25) is 0 Å². The summed E-state index contributed by atoms with van der Waals surface area (Å²) in [6.07, 6.45) is -3.28. The highest BCUT2D eigenvalue weighted by atomic mass is 32.1. The summed E-state index contributed by atoms with van der Waals surface area (Å²) in [6.45, 7) is 2.01. The highest BCUT2D eigenvalue weighted by molar-refractivity contribution is 7.15. The summed E-state index contributed by atoms with van der Waals surface area (Å²) < 4.78 is 10.4. The lowest BCUT2D eigenvalue weighted by Crippen LogP contribution is -2.31. The number of aliphatic hydroxyl groups is 2. The first kappa shape index (κ1) is 24.6. The fourth-order valence-electron chi connectivity index (χ4n) is 4.20. The topological polar surface area (TPSA) is 144 Å². The Kier molecular flexibility index (Phi) is 7.64. The van der Waals surface area contributed by atoms with Gasteiger partial charge in [-0.25, -0.2) is 14.6 Å². The summed E-state index contributed by atoms with van der Waals surface area (Å²) in [5.74, 6) is -0.780. The maximum atomic E-state index is 12.3. The molecule has 2 atom stereocenters. The number of carbonyl (C=O) groups is 2. The highest BCUT2D eigenvalue weighted by Crippen LogP contribution is 2.44. The summed E-state index contributed by atoms with van der Waals surface area (Å²) in [6, 6.07) is 16.1. The third-order valence-electron chi connectivity index (χ3n) is 5.82. The van der Waals surface area contributed by atoms with E-state index in [0.717, 1.165) is 33.6 Å². The molecule has 5 N–H and O–H groups in total. The van der Waals surface area contributed by atoms with Crippen molar-refractivity contribution in [1.29, 1.82) is 0 Å². The molecule has 0 saturated heterocycles. The first-order chi connectivity index (χ1) is 16.9. The van der Waals surface area contributed by atoms with Crippen molar-refractivity contribution in [2.45, 2.75) is 31.5 Å². The molecule has 1 heterocycles. The number of carbonyl (C=O) groups excluding carboxylic acids is 2. The number of alkyl carbamates (subject to hydrolysis) is 1. The number of aliphatic hydroxyl groups excluding tert-OH is 2. The molecule has 2 aromatic carbocycles. The van der Waals surface area contributed by atoms with Crippen LogP contribution in [0.25, 0.3) is 11.1 Å². The first-order valence-electron chi connectivity index (χ1n) is 11.3. The monoisotopic (exact) mass is 497 g/mol. The van der Waals surface area contributed by atoms with Gasteiger partial charge >= 0.3 is 12.1 Å². The number of nitrogens with zero attached hydrogens (tertiary/aromatic N) is 1. The molecule has 9 nitrogen and oxygen atoms in total. The number of hydrogen-bond donors (Lipinski definition) is 4. The van der Waals surface area contributed by atoms with E-state index in [1.54, 1.807) is 6.92 Å². The molecule has 3 aromatic rings. The van der Waals surface area contributed by atoms with E-state index in [1.165, 1.54) is 0 Å². The van der Waals surface area contributed by atoms with Gasteiger partial charge in [-0.15, -0.1) is 0 Å². The number of nitrogen functional groups attached to an aromatic ring is 1. The predicted octanol–water partition coefficient (Wildman–Crippen LogP) is 3.23. The van der Waals surface area contributed by atoms with E-state index < -0.39 is 24.3 Å². The molecule has 184 valence electrons. The van der Waals surface area contributed by atoms with Crippen molar-refractivity contribution in [2.24, 2.45) is 0 Å². The second-order valence-electron chi connectivity index (χ2n) is 8.04. The Morgan fingerprint density at radius 1 is 1.09 bits per heavy atom. The Morgan fingerprint density at radius 3 is 2.34 bits per heavy atom. The molecule has 35 heavy (non-hydrogen) atoms. The third-order valence-corrected chi connectivity index (χ3v) is 6.78. The molecule has 1 aliphatic carbocycles. The maximum absolute atomic E-state index is 12.3. The van der Waals surface area contributed by atoms with Crippen LogP contribution in [0.3, 0.4) is 0 Å². The molecule has 0 fully saturated rings. The van der Waals surface area contributed by atoms with Gasteiger partial charge in [0.1, 0.15) is 12.7 Å². The minimum absolute atomic E-state index is 0.0193. The standard InChI is InChI=1S/C25H27N3O6S/c1-2-33-23(31)20-22(35-24(26)28-20)21(30)19(29)11-12-27-25(32)34-13-18-16-9-5-3-7-14(16)15-8-4-6-10-17(15)18/h3-10,18-19,21,29-30H,2,11-13H2,1H3,(H2,26,28)(H,27,32). The minimum atomic E-state index is -1.41. The maximum Gasteiger partial charge on any atom is 0.407 e. The number of esters is 1. The average molecular weight is 498 g/mol. The van der Waals surface area contributed by atoms with Gasteiger partial charge < -0.3 is 30.7 Å². The summed E-state index contributed by atoms with van der Waals surface area (Å²) in [5.41, 5.74) is 10.1. The molecule has 1 aliphatic rings. The fraction of sp³-hybridized carbons (Fsp3) is 0.320. The number of thiazole rings is 1. The van der Waals surface area contributed by atoms with E-state index in [4.69, 9.17) is 15.2 Å². The summed E-state index contributed by atoms with van der Waals surface area (Å²) in [5, 5.41) is 23.6. The van der Waals surface area contributed by atoms with Crippen LogP contribution in [0.5, 0.6) is 0 Å². The van der Waals surface area contributed by atoms with Gasteiger partial charge in [0.05, 0.1) is 17.6 Å². The van der Waals surface area contributed by atoms with Crippen molar-refractivity contribution >= 4 is 28.5 Å². The second kappa shape index (κ2) is 10.9. The molecule has 0 radical (unpaired) electrons. The summed E-state index contributed by atoms with van der Waals surface area (Å²) in [4.78, 5) is 28.4. The van der Waals surface area contributed by atoms with Crippen LogP contribution in [-0.2, 0) is 9.47 Å². The van der Waals surface area contributed by atoms with Crippen molar-refractivity contribution in [3.8, 4) is 11.1 Å². The van der Waals surface area contributed by atoms with E-state index in [1.807, 2.05) is 36.4 Å². The van der Waals surface area contributed by atoms with Crippen molar-refractivity contribution in [1.82, 2.24) is 10.3 Å². The van der Waals surface area contributed by atoms with Gasteiger partial charge in [0, 0.05) is 12.5 Å². The smallest absolute Gasteiger partial charge is 0.407 e. The zero-order valence-electron chi connectivity index (χ0n) is 19.1. The zero-order valence-corrected chi connectivity index (χ0v) is 20.0. The Labute approximate surface area is 206 Å². The minimum Gasteiger partial charge on any atom is -0.461 e. The van der Waals surface area contributed by atoms with Crippen LogP contribution in [0.2, 0.25) is 0 Å². The van der Waals surface area contributed by atoms with Crippen LogP contribution in [0.1, 0.15) is 51.9 Å². The molecule has 0 spiro atoms. The Bertz CT molecular complexity index is 1170. The van der Waals surface area contributed by atoms with Crippen molar-refractivity contribution in [3.05, 3.63) is 70.2 Å². The van der Waals surface area contributed by atoms with Crippen LogP contribution < -0.4 is 11.1 Å². The molecule has 4 rings (SSSR count). The first-order valence-corrected chi connectivity index (χ1v) is 12.1. The van der Waals surface area contributed by atoms with Crippen LogP contribution in [-0.4, -0.2) is 53.1 Å². The number of hydrogen-bond acceptors (Lipinski definition) is 9. The van der Waals surface area contributed by atoms with Crippen LogP contribution >= 0.6 is 11.3 Å². The van der Waals surface area contributed by atoms with Gasteiger partial charge in [0.25, 0.3) is 0 Å². The van der Waals surface area contributed by atoms with E-state index >= 15 is 0 Å². The lowest BCUT2D eigenvalue weighted by atomic mass is 9.98. The average Bonchev–Trinajstić information content (AvgIpc) is 3.40. The molecule has 2 unspecified atom stereocenters. The molecular formula is C25H27N3O6S. The normalized spacial score (nSPS) is 14.0. The van der Waals surface area contributed by atoms with Crippen LogP contribution in [0.4, 0.5) is 9.93 Å². The highest BCUT2D eigenvalue weighted by Gasteiger charge is 2.30. The molecule has 0 aliphatic heterocycles. The van der Waals surface area contributed by atoms with Crippen molar-refractivity contribution in [2.75, 3.05) is 25.5 Å². The number of benzene rings is 2. The molecular weight excluding hydrogens is 470 g/mol. The largest absolute Gasteiger partial charge is 0.461 e. The van der Waals surface area contributed by atoms with Gasteiger partial charge in [0.15, 0.2) is 10.8 Å². The third kappa shape index (κ3) is 5.29. The van der Waals surface area contributed by atoms with Crippen molar-refractivity contribution < 1.29 is 29.3 Å². The SMILES string of the molecule is CCOC(=O)c1nc(N)sc1C(O)C(O)CCNC(=O)OCC1c2ccccc2-c2ccccc21. The van der Waals surface area contributed by atoms with Gasteiger partial charge in [-0.3, -0.25) is 0 Å². The fourth-order valence-corrected chi connectivity index (χ4v) is 5.07. The summed E-state index contributed by atoms with van der Waals surface area (Å²) >= 11 is 0.900. The number of nitrogens with one attached hydrogen (secondary N) is 1. The van der Waals surface area contributed by atoms with Crippen LogP contribution in [0.15, 0.2) is 48.5 Å². The number of nitrogens with two attached hydrogens (primary N) is 1. The second-order valence-corrected chi connectivity index (χ2v) is 9.10. The number of anilines is 1. The number of rotatable bonds is 9. The lowest BCUT2D eigenvalue weighted by Gasteiger charge is -2.18. The van der Waals surface area contributed by atoms with E-state index in [2.05, 4.69) is 22.4 Å². The number of amides is 1. The predicted molar refractivity (Wildman–Crippen MR) is 131 cm³/mol.